The maximum atomic E-state index is 8.68. The molecule has 3 nitrogen and oxygen atoms in total. The van der Waals surface area contributed by atoms with Crippen LogP contribution in [0.5, 0.6) is 5.75 Å². The van der Waals surface area contributed by atoms with E-state index >= 15 is 0 Å². The molecule has 1 aliphatic rings. The average Bonchev–Trinajstić information content (AvgIpc) is 2.83. The molecule has 0 amide bonds. The molecular weight excluding hydrogens is 202 g/mol. The highest BCUT2D eigenvalue weighted by molar-refractivity contribution is 5.31. The van der Waals surface area contributed by atoms with Crippen molar-refractivity contribution in [3.63, 3.8) is 0 Å². The van der Waals surface area contributed by atoms with Crippen LogP contribution in [0.25, 0.3) is 0 Å². The first-order chi connectivity index (χ1) is 7.90. The van der Waals surface area contributed by atoms with Crippen LogP contribution in [0.3, 0.4) is 0 Å². The number of rotatable bonds is 5. The molecule has 0 radical (unpaired) electrons. The Balaban J connectivity index is 1.95. The van der Waals surface area contributed by atoms with Crippen LogP contribution < -0.4 is 10.1 Å². The normalized spacial score (nSPS) is 19.9. The van der Waals surface area contributed by atoms with Crippen LogP contribution in [0, 0.1) is 0 Å². The lowest BCUT2D eigenvalue weighted by Gasteiger charge is -2.12. The van der Waals surface area contributed by atoms with E-state index in [1.165, 1.54) is 18.4 Å². The van der Waals surface area contributed by atoms with Gasteiger partial charge in [-0.3, -0.25) is 0 Å². The second-order valence-electron chi connectivity index (χ2n) is 4.15. The first-order valence-corrected chi connectivity index (χ1v) is 5.97. The van der Waals surface area contributed by atoms with Crippen molar-refractivity contribution in [1.82, 2.24) is 5.32 Å². The van der Waals surface area contributed by atoms with E-state index in [0.29, 0.717) is 19.1 Å². The van der Waals surface area contributed by atoms with Crippen LogP contribution in [0.1, 0.15) is 30.9 Å². The van der Waals surface area contributed by atoms with Gasteiger partial charge in [-0.15, -0.1) is 0 Å². The minimum atomic E-state index is 0.184. The summed E-state index contributed by atoms with van der Waals surface area (Å²) >= 11 is 0. The van der Waals surface area contributed by atoms with Crippen molar-refractivity contribution in [1.29, 1.82) is 0 Å². The van der Waals surface area contributed by atoms with Gasteiger partial charge in [0.2, 0.25) is 0 Å². The number of aliphatic hydroxyl groups is 1. The lowest BCUT2D eigenvalue weighted by molar-refractivity contribution is 0.233. The smallest absolute Gasteiger partial charge is 0.119 e. The fourth-order valence-corrected chi connectivity index (χ4v) is 2.04. The van der Waals surface area contributed by atoms with Crippen molar-refractivity contribution in [2.75, 3.05) is 19.8 Å². The molecule has 1 atom stereocenters. The Kier molecular flexibility index (Phi) is 4.19. The molecule has 0 saturated carbocycles. The van der Waals surface area contributed by atoms with Crippen LogP contribution >= 0.6 is 0 Å². The molecule has 88 valence electrons. The molecule has 0 spiro atoms. The predicted molar refractivity (Wildman–Crippen MR) is 63.6 cm³/mol. The van der Waals surface area contributed by atoms with Crippen LogP contribution in [0.15, 0.2) is 24.3 Å². The second kappa shape index (κ2) is 5.87. The van der Waals surface area contributed by atoms with Gasteiger partial charge in [-0.1, -0.05) is 12.1 Å². The van der Waals surface area contributed by atoms with E-state index in [1.54, 1.807) is 0 Å². The fraction of sp³-hybridized carbons (Fsp3) is 0.538. The topological polar surface area (TPSA) is 41.5 Å². The molecule has 16 heavy (non-hydrogen) atoms. The molecule has 0 aromatic heterocycles. The van der Waals surface area contributed by atoms with Crippen molar-refractivity contribution < 1.29 is 9.84 Å². The molecule has 1 heterocycles. The third kappa shape index (κ3) is 2.97. The van der Waals surface area contributed by atoms with Crippen molar-refractivity contribution >= 4 is 0 Å². The van der Waals surface area contributed by atoms with E-state index < -0.39 is 0 Å². The van der Waals surface area contributed by atoms with E-state index in [0.717, 1.165) is 12.3 Å². The van der Waals surface area contributed by atoms with Gasteiger partial charge >= 0.3 is 0 Å². The lowest BCUT2D eigenvalue weighted by Crippen LogP contribution is -2.12. The summed E-state index contributed by atoms with van der Waals surface area (Å²) in [6, 6.07) is 8.73. The summed E-state index contributed by atoms with van der Waals surface area (Å²) in [6.07, 6.45) is 3.15. The van der Waals surface area contributed by atoms with Crippen LogP contribution in [0.4, 0.5) is 0 Å². The highest BCUT2D eigenvalue weighted by atomic mass is 16.5. The van der Waals surface area contributed by atoms with E-state index in [1.807, 2.05) is 12.1 Å². The molecule has 3 heteroatoms. The summed E-state index contributed by atoms with van der Waals surface area (Å²) in [5, 5.41) is 12.2. The van der Waals surface area contributed by atoms with Gasteiger partial charge in [-0.2, -0.15) is 0 Å². The Bertz CT molecular complexity index is 321. The zero-order chi connectivity index (χ0) is 11.2. The van der Waals surface area contributed by atoms with Crippen molar-refractivity contribution in [2.45, 2.75) is 25.3 Å². The van der Waals surface area contributed by atoms with Crippen LogP contribution in [-0.4, -0.2) is 24.9 Å². The fourth-order valence-electron chi connectivity index (χ4n) is 2.04. The van der Waals surface area contributed by atoms with Gasteiger partial charge in [0.25, 0.3) is 0 Å². The Morgan fingerprint density at radius 2 is 2.38 bits per heavy atom. The van der Waals surface area contributed by atoms with E-state index in [2.05, 4.69) is 17.4 Å². The Morgan fingerprint density at radius 3 is 3.12 bits per heavy atom. The highest BCUT2D eigenvalue weighted by Gasteiger charge is 2.16. The maximum Gasteiger partial charge on any atom is 0.119 e. The second-order valence-corrected chi connectivity index (χ2v) is 4.15. The number of aliphatic hydroxyl groups excluding tert-OH is 1. The van der Waals surface area contributed by atoms with E-state index in [4.69, 9.17) is 9.84 Å². The first-order valence-electron chi connectivity index (χ1n) is 5.97. The number of nitrogens with one attached hydrogen (secondary N) is 1. The van der Waals surface area contributed by atoms with Gasteiger partial charge in [0, 0.05) is 19.1 Å². The maximum absolute atomic E-state index is 8.68. The third-order valence-electron chi connectivity index (χ3n) is 2.89. The Morgan fingerprint density at radius 1 is 1.44 bits per heavy atom. The summed E-state index contributed by atoms with van der Waals surface area (Å²) < 4.78 is 5.56. The zero-order valence-corrected chi connectivity index (χ0v) is 9.48. The number of hydrogen-bond acceptors (Lipinski definition) is 3. The summed E-state index contributed by atoms with van der Waals surface area (Å²) in [5.74, 6) is 0.902. The molecule has 1 aliphatic heterocycles. The predicted octanol–water partition coefficient (Wildman–Crippen LogP) is 1.87. The number of benzene rings is 1. The van der Waals surface area contributed by atoms with Crippen molar-refractivity contribution in [3.05, 3.63) is 29.8 Å². The van der Waals surface area contributed by atoms with Crippen molar-refractivity contribution in [2.24, 2.45) is 0 Å². The standard InChI is InChI=1S/C13H19NO2/c15-8-3-9-16-12-5-1-4-11(10-12)13-6-2-7-14-13/h1,4-5,10,13-15H,2-3,6-9H2. The number of hydrogen-bond donors (Lipinski definition) is 2. The SMILES string of the molecule is OCCCOc1cccc(C2CCCN2)c1. The van der Waals surface area contributed by atoms with Gasteiger partial charge in [-0.05, 0) is 37.1 Å². The molecule has 1 unspecified atom stereocenters. The van der Waals surface area contributed by atoms with E-state index in [9.17, 15) is 0 Å². The lowest BCUT2D eigenvalue weighted by atomic mass is 10.1. The molecule has 0 bridgehead atoms. The van der Waals surface area contributed by atoms with Crippen molar-refractivity contribution in [3.8, 4) is 5.75 Å². The Labute approximate surface area is 96.4 Å². The molecule has 1 aromatic carbocycles. The largest absolute Gasteiger partial charge is 0.493 e. The molecule has 0 aliphatic carbocycles. The quantitative estimate of drug-likeness (QED) is 0.746. The average molecular weight is 221 g/mol. The monoisotopic (exact) mass is 221 g/mol. The van der Waals surface area contributed by atoms with Gasteiger partial charge in [-0.25, -0.2) is 0 Å². The molecule has 2 N–H and O–H groups in total. The summed E-state index contributed by atoms with van der Waals surface area (Å²) in [6.45, 7) is 1.88. The third-order valence-corrected chi connectivity index (χ3v) is 2.89. The summed E-state index contributed by atoms with van der Waals surface area (Å²) in [4.78, 5) is 0. The molecular formula is C13H19NO2. The molecule has 1 saturated heterocycles. The van der Waals surface area contributed by atoms with E-state index in [-0.39, 0.29) is 6.61 Å². The van der Waals surface area contributed by atoms with Gasteiger partial charge < -0.3 is 15.2 Å². The molecule has 2 rings (SSSR count). The van der Waals surface area contributed by atoms with Gasteiger partial charge in [0.1, 0.15) is 5.75 Å². The highest BCUT2D eigenvalue weighted by Crippen LogP contribution is 2.25. The van der Waals surface area contributed by atoms with Gasteiger partial charge in [0.05, 0.1) is 6.61 Å². The summed E-state index contributed by atoms with van der Waals surface area (Å²) in [5.41, 5.74) is 1.30. The van der Waals surface area contributed by atoms with Crippen LogP contribution in [0.2, 0.25) is 0 Å². The Hall–Kier alpha value is -1.06. The molecule has 1 aromatic rings. The van der Waals surface area contributed by atoms with Crippen LogP contribution in [-0.2, 0) is 0 Å². The minimum Gasteiger partial charge on any atom is -0.493 e. The summed E-state index contributed by atoms with van der Waals surface area (Å²) in [7, 11) is 0. The minimum absolute atomic E-state index is 0.184. The number of ether oxygens (including phenoxy) is 1. The molecule has 1 fully saturated rings. The zero-order valence-electron chi connectivity index (χ0n) is 9.48. The first kappa shape index (κ1) is 11.4. The van der Waals surface area contributed by atoms with Gasteiger partial charge in [0.15, 0.2) is 0 Å².